The SMILES string of the molecule is CC(C)(C)OC(=O)C1CC(S(=O)(=O)F)C1. The summed E-state index contributed by atoms with van der Waals surface area (Å²) >= 11 is 0. The summed E-state index contributed by atoms with van der Waals surface area (Å²) in [5.74, 6) is -0.915. The van der Waals surface area contributed by atoms with Crippen molar-refractivity contribution in [2.75, 3.05) is 0 Å². The van der Waals surface area contributed by atoms with E-state index in [9.17, 15) is 17.1 Å². The number of hydrogen-bond donors (Lipinski definition) is 0. The molecule has 15 heavy (non-hydrogen) atoms. The smallest absolute Gasteiger partial charge is 0.309 e. The summed E-state index contributed by atoms with van der Waals surface area (Å²) in [5.41, 5.74) is -0.587. The maximum Gasteiger partial charge on any atom is 0.309 e. The Morgan fingerprint density at radius 2 is 1.80 bits per heavy atom. The van der Waals surface area contributed by atoms with E-state index in [0.717, 1.165) is 0 Å². The van der Waals surface area contributed by atoms with Gasteiger partial charge in [-0.1, -0.05) is 0 Å². The molecule has 0 N–H and O–H groups in total. The molecule has 0 atom stereocenters. The number of hydrogen-bond acceptors (Lipinski definition) is 4. The lowest BCUT2D eigenvalue weighted by Gasteiger charge is -2.32. The Balaban J connectivity index is 2.43. The van der Waals surface area contributed by atoms with E-state index in [4.69, 9.17) is 4.74 Å². The van der Waals surface area contributed by atoms with Crippen LogP contribution in [0.1, 0.15) is 33.6 Å². The lowest BCUT2D eigenvalue weighted by molar-refractivity contribution is -0.162. The standard InChI is InChI=1S/C9H15FO4S/c1-9(2,3)14-8(11)6-4-7(5-6)15(10,12)13/h6-7H,4-5H2,1-3H3. The first-order valence-electron chi connectivity index (χ1n) is 4.76. The van der Waals surface area contributed by atoms with Crippen molar-refractivity contribution in [2.45, 2.75) is 44.5 Å². The highest BCUT2D eigenvalue weighted by atomic mass is 32.3. The van der Waals surface area contributed by atoms with Crippen molar-refractivity contribution >= 4 is 16.2 Å². The molecular weight excluding hydrogens is 223 g/mol. The van der Waals surface area contributed by atoms with Crippen LogP contribution in [0.15, 0.2) is 0 Å². The van der Waals surface area contributed by atoms with Crippen LogP contribution in [0.4, 0.5) is 3.89 Å². The Hall–Kier alpha value is -0.650. The quantitative estimate of drug-likeness (QED) is 0.539. The van der Waals surface area contributed by atoms with Crippen molar-refractivity contribution < 1.29 is 21.8 Å². The third-order valence-electron chi connectivity index (χ3n) is 2.23. The molecule has 0 aromatic carbocycles. The van der Waals surface area contributed by atoms with Crippen molar-refractivity contribution in [1.29, 1.82) is 0 Å². The molecule has 0 aliphatic heterocycles. The second-order valence-electron chi connectivity index (χ2n) is 4.80. The normalized spacial score (nSPS) is 26.9. The lowest BCUT2D eigenvalue weighted by Crippen LogP contribution is -2.41. The van der Waals surface area contributed by atoms with Gasteiger partial charge < -0.3 is 4.74 Å². The molecule has 0 aromatic heterocycles. The van der Waals surface area contributed by atoms with Crippen LogP contribution in [-0.4, -0.2) is 25.2 Å². The molecule has 0 heterocycles. The fourth-order valence-electron chi connectivity index (χ4n) is 1.37. The number of carbonyl (C=O) groups is 1. The maximum absolute atomic E-state index is 12.4. The van der Waals surface area contributed by atoms with Gasteiger partial charge in [0.1, 0.15) is 5.60 Å². The van der Waals surface area contributed by atoms with Crippen LogP contribution in [0.2, 0.25) is 0 Å². The molecule has 0 bridgehead atoms. The molecule has 4 nitrogen and oxygen atoms in total. The van der Waals surface area contributed by atoms with Gasteiger partial charge in [0.2, 0.25) is 0 Å². The molecule has 0 aromatic rings. The van der Waals surface area contributed by atoms with Crippen molar-refractivity contribution in [3.8, 4) is 0 Å². The van der Waals surface area contributed by atoms with Gasteiger partial charge in [0.15, 0.2) is 0 Å². The van der Waals surface area contributed by atoms with Gasteiger partial charge >= 0.3 is 16.2 Å². The van der Waals surface area contributed by atoms with Gasteiger partial charge in [-0.05, 0) is 33.6 Å². The molecule has 0 amide bonds. The molecule has 6 heteroatoms. The van der Waals surface area contributed by atoms with Gasteiger partial charge in [-0.15, -0.1) is 3.89 Å². The third kappa shape index (κ3) is 3.44. The fraction of sp³-hybridized carbons (Fsp3) is 0.889. The zero-order chi connectivity index (χ0) is 11.9. The Morgan fingerprint density at radius 1 is 1.33 bits per heavy atom. The molecule has 0 saturated heterocycles. The highest BCUT2D eigenvalue weighted by Gasteiger charge is 2.44. The molecule has 0 unspecified atom stereocenters. The molecule has 1 rings (SSSR count). The zero-order valence-corrected chi connectivity index (χ0v) is 9.80. The molecule has 1 fully saturated rings. The van der Waals surface area contributed by atoms with E-state index in [-0.39, 0.29) is 12.8 Å². The Bertz CT molecular complexity index is 349. The minimum atomic E-state index is -4.48. The minimum Gasteiger partial charge on any atom is -0.460 e. The summed E-state index contributed by atoms with van der Waals surface area (Å²) in [6, 6.07) is 0. The Kier molecular flexibility index (Phi) is 3.09. The van der Waals surface area contributed by atoms with Gasteiger partial charge in [-0.25, -0.2) is 0 Å². The monoisotopic (exact) mass is 238 g/mol. The predicted molar refractivity (Wildman–Crippen MR) is 52.4 cm³/mol. The average Bonchev–Trinajstić information content (AvgIpc) is 1.72. The van der Waals surface area contributed by atoms with Crippen molar-refractivity contribution in [3.63, 3.8) is 0 Å². The van der Waals surface area contributed by atoms with Crippen molar-refractivity contribution in [3.05, 3.63) is 0 Å². The van der Waals surface area contributed by atoms with E-state index in [1.165, 1.54) is 0 Å². The third-order valence-corrected chi connectivity index (χ3v) is 3.41. The number of ether oxygens (including phenoxy) is 1. The van der Waals surface area contributed by atoms with Crippen molar-refractivity contribution in [1.82, 2.24) is 0 Å². The second kappa shape index (κ2) is 3.73. The van der Waals surface area contributed by atoms with Gasteiger partial charge in [0.05, 0.1) is 11.2 Å². The summed E-state index contributed by atoms with van der Waals surface area (Å²) in [4.78, 5) is 11.4. The highest BCUT2D eigenvalue weighted by Crippen LogP contribution is 2.35. The van der Waals surface area contributed by atoms with Crippen LogP contribution in [0.25, 0.3) is 0 Å². The maximum atomic E-state index is 12.4. The highest BCUT2D eigenvalue weighted by molar-refractivity contribution is 7.87. The van der Waals surface area contributed by atoms with E-state index in [2.05, 4.69) is 0 Å². The van der Waals surface area contributed by atoms with Crippen LogP contribution in [0.5, 0.6) is 0 Å². The molecular formula is C9H15FO4S. The first kappa shape index (κ1) is 12.4. The lowest BCUT2D eigenvalue weighted by atomic mass is 9.85. The van der Waals surface area contributed by atoms with Gasteiger partial charge in [-0.3, -0.25) is 4.79 Å². The Labute approximate surface area is 89.0 Å². The zero-order valence-electron chi connectivity index (χ0n) is 8.99. The molecule has 0 radical (unpaired) electrons. The van der Waals surface area contributed by atoms with Gasteiger partial charge in [0.25, 0.3) is 0 Å². The molecule has 1 aliphatic rings. The summed E-state index contributed by atoms with van der Waals surface area (Å²) in [5, 5.41) is -1.02. The Morgan fingerprint density at radius 3 is 2.13 bits per heavy atom. The molecule has 88 valence electrons. The van der Waals surface area contributed by atoms with Crippen LogP contribution in [-0.2, 0) is 19.8 Å². The van der Waals surface area contributed by atoms with E-state index >= 15 is 0 Å². The molecule has 0 spiro atoms. The largest absolute Gasteiger partial charge is 0.460 e. The second-order valence-corrected chi connectivity index (χ2v) is 6.42. The first-order valence-corrected chi connectivity index (χ1v) is 6.20. The van der Waals surface area contributed by atoms with E-state index < -0.39 is 33.0 Å². The molecule has 1 saturated carbocycles. The fourth-order valence-corrected chi connectivity index (χ4v) is 2.30. The summed E-state index contributed by atoms with van der Waals surface area (Å²) in [7, 11) is -4.48. The number of halogens is 1. The minimum absolute atomic E-state index is 0.0355. The van der Waals surface area contributed by atoms with Crippen LogP contribution in [0.3, 0.4) is 0 Å². The van der Waals surface area contributed by atoms with E-state index in [1.54, 1.807) is 20.8 Å². The topological polar surface area (TPSA) is 60.4 Å². The van der Waals surface area contributed by atoms with Crippen LogP contribution < -0.4 is 0 Å². The average molecular weight is 238 g/mol. The predicted octanol–water partition coefficient (Wildman–Crippen LogP) is 1.41. The molecule has 1 aliphatic carbocycles. The van der Waals surface area contributed by atoms with Crippen LogP contribution >= 0.6 is 0 Å². The van der Waals surface area contributed by atoms with Gasteiger partial charge in [-0.2, -0.15) is 8.42 Å². The summed E-state index contributed by atoms with van der Waals surface area (Å²) in [6.45, 7) is 5.19. The first-order chi connectivity index (χ1) is 6.59. The van der Waals surface area contributed by atoms with Crippen molar-refractivity contribution in [2.24, 2.45) is 5.92 Å². The van der Waals surface area contributed by atoms with E-state index in [0.29, 0.717) is 0 Å². The summed E-state index contributed by atoms with van der Waals surface area (Å²) in [6.07, 6.45) is 0.0709. The van der Waals surface area contributed by atoms with Gasteiger partial charge in [0, 0.05) is 0 Å². The number of carbonyl (C=O) groups excluding carboxylic acids is 1. The number of esters is 1. The summed E-state index contributed by atoms with van der Waals surface area (Å²) < 4.78 is 38.4. The van der Waals surface area contributed by atoms with E-state index in [1.807, 2.05) is 0 Å². The van der Waals surface area contributed by atoms with Crippen LogP contribution in [0, 0.1) is 5.92 Å². The number of rotatable bonds is 2.